The zero-order chi connectivity index (χ0) is 12.8. The van der Waals surface area contributed by atoms with Crippen molar-refractivity contribution in [3.63, 3.8) is 0 Å². The van der Waals surface area contributed by atoms with Crippen molar-refractivity contribution in [2.75, 3.05) is 7.11 Å². The van der Waals surface area contributed by atoms with Crippen LogP contribution in [0.4, 0.5) is 0 Å². The van der Waals surface area contributed by atoms with Crippen molar-refractivity contribution in [3.05, 3.63) is 29.8 Å². The van der Waals surface area contributed by atoms with E-state index in [-0.39, 0.29) is 6.42 Å². The minimum absolute atomic E-state index is 0.0420. The van der Waals surface area contributed by atoms with E-state index in [1.54, 1.807) is 24.3 Å². The van der Waals surface area contributed by atoms with Gasteiger partial charge in [-0.1, -0.05) is 18.2 Å². The molecule has 5 nitrogen and oxygen atoms in total. The number of benzene rings is 1. The van der Waals surface area contributed by atoms with E-state index < -0.39 is 24.3 Å². The average molecular weight is 236 g/mol. The van der Waals surface area contributed by atoms with Crippen LogP contribution in [0.1, 0.15) is 12.0 Å². The number of carbonyl (C=O) groups is 2. The molecule has 1 rings (SSSR count). The predicted octanol–water partition coefficient (Wildman–Crippen LogP) is -1.26. The average Bonchev–Trinajstić information content (AvgIpc) is 2.28. The van der Waals surface area contributed by atoms with Gasteiger partial charge in [0.1, 0.15) is 5.75 Å². The van der Waals surface area contributed by atoms with Gasteiger partial charge < -0.3 is 24.5 Å². The predicted molar refractivity (Wildman–Crippen MR) is 54.8 cm³/mol. The largest absolute Gasteiger partial charge is 0.550 e. The summed E-state index contributed by atoms with van der Waals surface area (Å²) in [5.41, 5.74) is 0.630. The monoisotopic (exact) mass is 236 g/mol. The molecule has 0 aliphatic rings. The lowest BCUT2D eigenvalue weighted by molar-refractivity contribution is -0.320. The van der Waals surface area contributed by atoms with E-state index in [1.807, 2.05) is 0 Å². The van der Waals surface area contributed by atoms with E-state index in [9.17, 15) is 19.8 Å². The highest BCUT2D eigenvalue weighted by atomic mass is 16.5. The summed E-state index contributed by atoms with van der Waals surface area (Å²) in [5.74, 6) is -3.40. The van der Waals surface area contributed by atoms with Gasteiger partial charge in [-0.2, -0.15) is 0 Å². The van der Waals surface area contributed by atoms with Gasteiger partial charge in [0, 0.05) is 17.9 Å². The van der Waals surface area contributed by atoms with E-state index in [4.69, 9.17) is 4.74 Å². The molecule has 1 aromatic rings. The molecule has 0 spiro atoms. The Morgan fingerprint density at radius 1 is 1.29 bits per heavy atom. The first-order valence-electron chi connectivity index (χ1n) is 5.07. The summed E-state index contributed by atoms with van der Waals surface area (Å²) in [5, 5.41) is 21.2. The highest BCUT2D eigenvalue weighted by Gasteiger charge is 2.14. The quantitative estimate of drug-likeness (QED) is 0.615. The van der Waals surface area contributed by atoms with E-state index in [0.717, 1.165) is 0 Å². The molecule has 0 fully saturated rings. The van der Waals surface area contributed by atoms with E-state index in [1.165, 1.54) is 7.11 Å². The van der Waals surface area contributed by atoms with Crippen LogP contribution in [0.5, 0.6) is 5.75 Å². The number of rotatable bonds is 6. The highest BCUT2D eigenvalue weighted by molar-refractivity contribution is 5.75. The smallest absolute Gasteiger partial charge is 0.122 e. The van der Waals surface area contributed by atoms with Crippen molar-refractivity contribution in [2.24, 2.45) is 5.92 Å². The van der Waals surface area contributed by atoms with Crippen molar-refractivity contribution in [1.82, 2.24) is 0 Å². The van der Waals surface area contributed by atoms with Crippen molar-refractivity contribution < 1.29 is 24.5 Å². The zero-order valence-electron chi connectivity index (χ0n) is 9.34. The van der Waals surface area contributed by atoms with E-state index >= 15 is 0 Å². The van der Waals surface area contributed by atoms with E-state index in [0.29, 0.717) is 11.3 Å². The van der Waals surface area contributed by atoms with Crippen molar-refractivity contribution >= 4 is 11.9 Å². The van der Waals surface area contributed by atoms with Crippen molar-refractivity contribution in [3.8, 4) is 5.75 Å². The van der Waals surface area contributed by atoms with Gasteiger partial charge in [0.15, 0.2) is 0 Å². The second-order valence-corrected chi connectivity index (χ2v) is 3.61. The lowest BCUT2D eigenvalue weighted by atomic mass is 9.96. The molecule has 1 aromatic carbocycles. The Morgan fingerprint density at radius 2 is 1.94 bits per heavy atom. The van der Waals surface area contributed by atoms with Crippen LogP contribution in [0.15, 0.2) is 24.3 Å². The van der Waals surface area contributed by atoms with Crippen LogP contribution in [0.25, 0.3) is 0 Å². The van der Waals surface area contributed by atoms with Gasteiger partial charge in [-0.15, -0.1) is 0 Å². The fraction of sp³-hybridized carbons (Fsp3) is 0.333. The van der Waals surface area contributed by atoms with Crippen LogP contribution >= 0.6 is 0 Å². The van der Waals surface area contributed by atoms with Crippen LogP contribution in [0.2, 0.25) is 0 Å². The molecule has 17 heavy (non-hydrogen) atoms. The number of carbonyl (C=O) groups excluding carboxylic acids is 2. The maximum Gasteiger partial charge on any atom is 0.122 e. The summed E-state index contributed by atoms with van der Waals surface area (Å²) in [7, 11) is 1.46. The molecule has 92 valence electrons. The molecule has 0 bridgehead atoms. The Labute approximate surface area is 98.6 Å². The SMILES string of the molecule is COc1ccccc1C[C@H](CC(=O)[O-])C(=O)[O-]. The molecule has 0 N–H and O–H groups in total. The van der Waals surface area contributed by atoms with Gasteiger partial charge in [0.25, 0.3) is 0 Å². The van der Waals surface area contributed by atoms with Crippen LogP contribution in [0, 0.1) is 5.92 Å². The number of para-hydroxylation sites is 1. The van der Waals surface area contributed by atoms with Crippen LogP contribution in [-0.4, -0.2) is 19.0 Å². The molecule has 0 radical (unpaired) electrons. The topological polar surface area (TPSA) is 89.5 Å². The lowest BCUT2D eigenvalue weighted by Gasteiger charge is -2.19. The molecule has 0 saturated heterocycles. The summed E-state index contributed by atoms with van der Waals surface area (Å²) >= 11 is 0. The third-order valence-electron chi connectivity index (χ3n) is 2.41. The minimum Gasteiger partial charge on any atom is -0.550 e. The second-order valence-electron chi connectivity index (χ2n) is 3.61. The molecule has 5 heteroatoms. The first kappa shape index (κ1) is 13.0. The Bertz CT molecular complexity index is 413. The van der Waals surface area contributed by atoms with Gasteiger partial charge in [0.05, 0.1) is 7.11 Å². The molecular weight excluding hydrogens is 224 g/mol. The number of methoxy groups -OCH3 is 1. The molecule has 0 aliphatic heterocycles. The maximum atomic E-state index is 10.8. The van der Waals surface area contributed by atoms with Crippen LogP contribution in [0.3, 0.4) is 0 Å². The molecule has 0 amide bonds. The molecule has 0 unspecified atom stereocenters. The van der Waals surface area contributed by atoms with Gasteiger partial charge in [0.2, 0.25) is 0 Å². The lowest BCUT2D eigenvalue weighted by Crippen LogP contribution is -2.37. The number of carboxylic acids is 2. The number of ether oxygens (including phenoxy) is 1. The Hall–Kier alpha value is -2.04. The molecular formula is C12H12O5-2. The highest BCUT2D eigenvalue weighted by Crippen LogP contribution is 2.21. The number of aliphatic carboxylic acids is 2. The third-order valence-corrected chi connectivity index (χ3v) is 2.41. The summed E-state index contributed by atoms with van der Waals surface area (Å²) in [6.45, 7) is 0. The molecule has 0 aromatic heterocycles. The van der Waals surface area contributed by atoms with Crippen LogP contribution in [-0.2, 0) is 16.0 Å². The van der Waals surface area contributed by atoms with Gasteiger partial charge in [-0.05, 0) is 24.5 Å². The van der Waals surface area contributed by atoms with Crippen molar-refractivity contribution in [1.29, 1.82) is 0 Å². The van der Waals surface area contributed by atoms with Gasteiger partial charge >= 0.3 is 0 Å². The normalized spacial score (nSPS) is 11.8. The first-order chi connectivity index (χ1) is 8.04. The Morgan fingerprint density at radius 3 is 2.47 bits per heavy atom. The Kier molecular flexibility index (Phi) is 4.51. The fourth-order valence-electron chi connectivity index (χ4n) is 1.58. The third kappa shape index (κ3) is 3.79. The van der Waals surface area contributed by atoms with Gasteiger partial charge in [-0.25, -0.2) is 0 Å². The zero-order valence-corrected chi connectivity index (χ0v) is 9.34. The first-order valence-corrected chi connectivity index (χ1v) is 5.07. The summed E-state index contributed by atoms with van der Waals surface area (Å²) in [4.78, 5) is 21.2. The molecule has 0 saturated carbocycles. The van der Waals surface area contributed by atoms with Crippen molar-refractivity contribution in [2.45, 2.75) is 12.8 Å². The fourth-order valence-corrected chi connectivity index (χ4v) is 1.58. The summed E-state index contributed by atoms with van der Waals surface area (Å²) in [6, 6.07) is 6.84. The standard InChI is InChI=1S/C12H14O5/c1-17-10-5-3-2-4-8(10)6-9(12(15)16)7-11(13)14/h2-5,9H,6-7H2,1H3,(H,13,14)(H,15,16)/p-2/t9-/m1/s1. The minimum atomic E-state index is -1.41. The summed E-state index contributed by atoms with van der Waals surface area (Å²) < 4.78 is 5.05. The summed E-state index contributed by atoms with van der Waals surface area (Å²) in [6.07, 6.45) is -0.527. The van der Waals surface area contributed by atoms with Crippen LogP contribution < -0.4 is 14.9 Å². The second kappa shape index (κ2) is 5.89. The molecule has 1 atom stereocenters. The van der Waals surface area contributed by atoms with Gasteiger partial charge in [-0.3, -0.25) is 0 Å². The maximum absolute atomic E-state index is 10.8. The van der Waals surface area contributed by atoms with E-state index in [2.05, 4.69) is 0 Å². The number of carboxylic acid groups (broad SMARTS) is 2. The number of hydrogen-bond acceptors (Lipinski definition) is 5. The molecule has 0 aliphatic carbocycles. The number of hydrogen-bond donors (Lipinski definition) is 0. The Balaban J connectivity index is 2.85. The molecule has 0 heterocycles.